The van der Waals surface area contributed by atoms with Crippen LogP contribution < -0.4 is 0 Å². The fourth-order valence-electron chi connectivity index (χ4n) is 4.38. The molecule has 0 bridgehead atoms. The van der Waals surface area contributed by atoms with Crippen LogP contribution in [0.25, 0.3) is 0 Å². The van der Waals surface area contributed by atoms with Gasteiger partial charge in [-0.3, -0.25) is 9.59 Å². The van der Waals surface area contributed by atoms with Crippen molar-refractivity contribution in [3.05, 3.63) is 35.6 Å². The topological polar surface area (TPSA) is 43.9 Å². The largest absolute Gasteiger partial charge is 0.344 e. The number of rotatable bonds is 7. The van der Waals surface area contributed by atoms with Crippen molar-refractivity contribution in [2.75, 3.05) is 39.8 Å². The molecular formula is C22H32FN3O2. The molecule has 2 fully saturated rings. The lowest BCUT2D eigenvalue weighted by Crippen LogP contribution is -2.48. The molecule has 6 heteroatoms. The minimum absolute atomic E-state index is 0.0452. The second-order valence-electron chi connectivity index (χ2n) is 8.25. The Morgan fingerprint density at radius 2 is 2.04 bits per heavy atom. The first kappa shape index (κ1) is 20.8. The second-order valence-corrected chi connectivity index (χ2v) is 8.25. The Labute approximate surface area is 167 Å². The molecule has 0 unspecified atom stereocenters. The van der Waals surface area contributed by atoms with E-state index < -0.39 is 0 Å². The van der Waals surface area contributed by atoms with Crippen LogP contribution in [0.5, 0.6) is 0 Å². The Balaban J connectivity index is 1.39. The number of carbonyl (C=O) groups is 2. The Bertz CT molecular complexity index is 688. The van der Waals surface area contributed by atoms with E-state index in [9.17, 15) is 14.0 Å². The van der Waals surface area contributed by atoms with Gasteiger partial charge >= 0.3 is 0 Å². The molecule has 2 heterocycles. The summed E-state index contributed by atoms with van der Waals surface area (Å²) in [6.07, 6.45) is 4.42. The van der Waals surface area contributed by atoms with E-state index in [0.29, 0.717) is 18.9 Å². The van der Waals surface area contributed by atoms with Crippen molar-refractivity contribution in [1.29, 1.82) is 0 Å². The van der Waals surface area contributed by atoms with Crippen molar-refractivity contribution in [2.24, 2.45) is 5.92 Å². The SMILES string of the molecule is C[C@H](C(=O)N(C)CC1CCN(CCc2cccc(F)c2)CC1)N1CCCC1=O. The summed E-state index contributed by atoms with van der Waals surface area (Å²) < 4.78 is 13.3. The van der Waals surface area contributed by atoms with Crippen molar-refractivity contribution < 1.29 is 14.0 Å². The molecular weight excluding hydrogens is 357 g/mol. The van der Waals surface area contributed by atoms with Crippen LogP contribution in [0.4, 0.5) is 4.39 Å². The van der Waals surface area contributed by atoms with Gasteiger partial charge < -0.3 is 14.7 Å². The number of likely N-dealkylation sites (N-methyl/N-ethyl adjacent to an activating group) is 1. The number of hydrogen-bond acceptors (Lipinski definition) is 3. The molecule has 3 rings (SSSR count). The van der Waals surface area contributed by atoms with Gasteiger partial charge in [0.2, 0.25) is 11.8 Å². The van der Waals surface area contributed by atoms with E-state index in [0.717, 1.165) is 57.4 Å². The minimum Gasteiger partial charge on any atom is -0.344 e. The highest BCUT2D eigenvalue weighted by molar-refractivity contribution is 5.88. The highest BCUT2D eigenvalue weighted by atomic mass is 19.1. The average Bonchev–Trinajstić information content (AvgIpc) is 3.12. The molecule has 0 aromatic heterocycles. The van der Waals surface area contributed by atoms with E-state index in [4.69, 9.17) is 0 Å². The van der Waals surface area contributed by atoms with Gasteiger partial charge in [-0.05, 0) is 69.3 Å². The highest BCUT2D eigenvalue weighted by Crippen LogP contribution is 2.20. The summed E-state index contributed by atoms with van der Waals surface area (Å²) in [6.45, 7) is 6.27. The molecule has 1 aromatic carbocycles. The molecule has 0 aliphatic carbocycles. The Hall–Kier alpha value is -1.95. The maximum absolute atomic E-state index is 13.3. The quantitative estimate of drug-likeness (QED) is 0.720. The summed E-state index contributed by atoms with van der Waals surface area (Å²) >= 11 is 0. The van der Waals surface area contributed by atoms with Gasteiger partial charge in [-0.25, -0.2) is 4.39 Å². The van der Waals surface area contributed by atoms with Gasteiger partial charge in [-0.2, -0.15) is 0 Å². The van der Waals surface area contributed by atoms with E-state index in [1.54, 1.807) is 17.0 Å². The molecule has 154 valence electrons. The monoisotopic (exact) mass is 389 g/mol. The Morgan fingerprint density at radius 1 is 1.29 bits per heavy atom. The van der Waals surface area contributed by atoms with Crippen LogP contribution in [-0.2, 0) is 16.0 Å². The van der Waals surface area contributed by atoms with Crippen LogP contribution >= 0.6 is 0 Å². The zero-order chi connectivity index (χ0) is 20.1. The normalized spacial score (nSPS) is 19.8. The van der Waals surface area contributed by atoms with Crippen molar-refractivity contribution in [1.82, 2.24) is 14.7 Å². The van der Waals surface area contributed by atoms with Gasteiger partial charge in [0.1, 0.15) is 11.9 Å². The predicted octanol–water partition coefficient (Wildman–Crippen LogP) is 2.55. The van der Waals surface area contributed by atoms with Crippen molar-refractivity contribution in [3.8, 4) is 0 Å². The van der Waals surface area contributed by atoms with Crippen LogP contribution in [0.15, 0.2) is 24.3 Å². The number of benzene rings is 1. The van der Waals surface area contributed by atoms with E-state index in [1.807, 2.05) is 24.9 Å². The Morgan fingerprint density at radius 3 is 2.68 bits per heavy atom. The molecule has 2 aliphatic heterocycles. The number of hydrogen-bond donors (Lipinski definition) is 0. The standard InChI is InChI=1S/C22H32FN3O2/c1-17(26-11-4-7-21(26)27)22(28)24(2)16-19-9-13-25(14-10-19)12-8-18-5-3-6-20(23)15-18/h3,5-6,15,17,19H,4,7-14,16H2,1-2H3/t17-/m1/s1. The van der Waals surface area contributed by atoms with Crippen LogP contribution in [0.3, 0.4) is 0 Å². The Kier molecular flexibility index (Phi) is 7.05. The van der Waals surface area contributed by atoms with Crippen molar-refractivity contribution in [2.45, 2.75) is 45.1 Å². The van der Waals surface area contributed by atoms with Gasteiger partial charge in [0.15, 0.2) is 0 Å². The number of carbonyl (C=O) groups excluding carboxylic acids is 2. The fraction of sp³-hybridized carbons (Fsp3) is 0.636. The molecule has 1 atom stereocenters. The first-order chi connectivity index (χ1) is 13.4. The molecule has 2 saturated heterocycles. The van der Waals surface area contributed by atoms with Crippen LogP contribution in [0.1, 0.15) is 38.2 Å². The number of nitrogens with zero attached hydrogens (tertiary/aromatic N) is 3. The fourth-order valence-corrected chi connectivity index (χ4v) is 4.38. The summed E-state index contributed by atoms with van der Waals surface area (Å²) in [5.41, 5.74) is 1.04. The number of likely N-dealkylation sites (tertiary alicyclic amines) is 2. The van der Waals surface area contributed by atoms with Gasteiger partial charge in [-0.1, -0.05) is 12.1 Å². The second kappa shape index (κ2) is 9.50. The molecule has 0 radical (unpaired) electrons. The lowest BCUT2D eigenvalue weighted by atomic mass is 9.95. The third-order valence-corrected chi connectivity index (χ3v) is 6.16. The lowest BCUT2D eigenvalue weighted by Gasteiger charge is -2.35. The van der Waals surface area contributed by atoms with Crippen molar-refractivity contribution in [3.63, 3.8) is 0 Å². The predicted molar refractivity (Wildman–Crippen MR) is 107 cm³/mol. The van der Waals surface area contributed by atoms with Gasteiger partial charge in [-0.15, -0.1) is 0 Å². The molecule has 0 saturated carbocycles. The first-order valence-corrected chi connectivity index (χ1v) is 10.5. The first-order valence-electron chi connectivity index (χ1n) is 10.5. The number of amides is 2. The maximum atomic E-state index is 13.3. The zero-order valence-electron chi connectivity index (χ0n) is 17.1. The van der Waals surface area contributed by atoms with Crippen LogP contribution in [0, 0.1) is 11.7 Å². The molecule has 0 spiro atoms. The van der Waals surface area contributed by atoms with E-state index in [2.05, 4.69) is 4.90 Å². The van der Waals surface area contributed by atoms with E-state index >= 15 is 0 Å². The van der Waals surface area contributed by atoms with E-state index in [-0.39, 0.29) is 23.7 Å². The van der Waals surface area contributed by atoms with Gasteiger partial charge in [0, 0.05) is 33.1 Å². The molecule has 2 amide bonds. The smallest absolute Gasteiger partial charge is 0.244 e. The highest BCUT2D eigenvalue weighted by Gasteiger charge is 2.32. The third-order valence-electron chi connectivity index (χ3n) is 6.16. The van der Waals surface area contributed by atoms with Crippen LogP contribution in [0.2, 0.25) is 0 Å². The number of piperidine rings is 1. The number of halogens is 1. The van der Waals surface area contributed by atoms with Crippen molar-refractivity contribution >= 4 is 11.8 Å². The summed E-state index contributed by atoms with van der Waals surface area (Å²) in [5.74, 6) is 0.472. The minimum atomic E-state index is -0.355. The third kappa shape index (κ3) is 5.31. The van der Waals surface area contributed by atoms with Gasteiger partial charge in [0.05, 0.1) is 0 Å². The zero-order valence-corrected chi connectivity index (χ0v) is 17.1. The van der Waals surface area contributed by atoms with Crippen LogP contribution in [-0.4, -0.2) is 72.3 Å². The average molecular weight is 390 g/mol. The summed E-state index contributed by atoms with van der Waals surface area (Å²) in [4.78, 5) is 30.5. The van der Waals surface area contributed by atoms with E-state index in [1.165, 1.54) is 6.07 Å². The maximum Gasteiger partial charge on any atom is 0.244 e. The summed E-state index contributed by atoms with van der Waals surface area (Å²) in [7, 11) is 1.86. The van der Waals surface area contributed by atoms with Gasteiger partial charge in [0.25, 0.3) is 0 Å². The summed E-state index contributed by atoms with van der Waals surface area (Å²) in [5, 5.41) is 0. The molecule has 1 aromatic rings. The molecule has 2 aliphatic rings. The molecule has 5 nitrogen and oxygen atoms in total. The molecule has 28 heavy (non-hydrogen) atoms. The lowest BCUT2D eigenvalue weighted by molar-refractivity contribution is -0.142. The summed E-state index contributed by atoms with van der Waals surface area (Å²) in [6, 6.07) is 6.47. The molecule has 0 N–H and O–H groups in total.